The Bertz CT molecular complexity index is 481. The molecule has 1 N–H and O–H groups in total. The van der Waals surface area contributed by atoms with Crippen molar-refractivity contribution in [3.63, 3.8) is 0 Å². The molecule has 0 aliphatic carbocycles. The maximum Gasteiger partial charge on any atom is 0.303 e. The minimum Gasteiger partial charge on any atom is -0.481 e. The molecule has 2 rings (SSSR count). The Morgan fingerprint density at radius 2 is 2.14 bits per heavy atom. The second kappa shape index (κ2) is 8.02. The molecule has 0 spiro atoms. The normalized spacial score (nSPS) is 18.5. The topological polar surface area (TPSA) is 70.5 Å². The zero-order chi connectivity index (χ0) is 15.1. The highest BCUT2D eigenvalue weighted by atomic mass is 32.2. The van der Waals surface area contributed by atoms with E-state index in [1.54, 1.807) is 12.4 Å². The fourth-order valence-electron chi connectivity index (χ4n) is 2.53. The summed E-state index contributed by atoms with van der Waals surface area (Å²) in [5.41, 5.74) is 0. The molecule has 1 aromatic rings. The molecule has 114 valence electrons. The van der Waals surface area contributed by atoms with Crippen LogP contribution < -0.4 is 0 Å². The van der Waals surface area contributed by atoms with Gasteiger partial charge in [0.25, 0.3) is 0 Å². The summed E-state index contributed by atoms with van der Waals surface area (Å²) in [6.45, 7) is 1.49. The van der Waals surface area contributed by atoms with Crippen molar-refractivity contribution < 1.29 is 14.7 Å². The van der Waals surface area contributed by atoms with Crippen LogP contribution in [0.15, 0.2) is 29.4 Å². The first-order chi connectivity index (χ1) is 10.1. The first-order valence-electron chi connectivity index (χ1n) is 7.17. The molecule has 0 aromatic carbocycles. The number of thioether (sulfide) groups is 1. The fraction of sp³-hybridized carbons (Fsp3) is 0.533. The smallest absolute Gasteiger partial charge is 0.303 e. The maximum absolute atomic E-state index is 12.2. The van der Waals surface area contributed by atoms with Crippen LogP contribution in [0.3, 0.4) is 0 Å². The van der Waals surface area contributed by atoms with E-state index < -0.39 is 5.97 Å². The van der Waals surface area contributed by atoms with Crippen molar-refractivity contribution in [2.24, 2.45) is 5.92 Å². The highest BCUT2D eigenvalue weighted by Crippen LogP contribution is 2.23. The van der Waals surface area contributed by atoms with Gasteiger partial charge in [0.2, 0.25) is 5.91 Å². The standard InChI is InChI=1S/C15H20N2O3S/c18-14(11-21-13-5-7-16-8-6-13)17-9-1-2-12(10-17)3-4-15(19)20/h5-8,12H,1-4,9-11H2,(H,19,20). The van der Waals surface area contributed by atoms with E-state index in [0.717, 1.165) is 24.3 Å². The van der Waals surface area contributed by atoms with E-state index in [0.29, 0.717) is 24.6 Å². The summed E-state index contributed by atoms with van der Waals surface area (Å²) in [4.78, 5) is 29.7. The van der Waals surface area contributed by atoms with E-state index in [2.05, 4.69) is 4.98 Å². The summed E-state index contributed by atoms with van der Waals surface area (Å²) in [5, 5.41) is 8.74. The van der Waals surface area contributed by atoms with Gasteiger partial charge in [-0.15, -0.1) is 11.8 Å². The molecule has 0 radical (unpaired) electrons. The number of carboxylic acids is 1. The van der Waals surface area contributed by atoms with Crippen LogP contribution >= 0.6 is 11.8 Å². The monoisotopic (exact) mass is 308 g/mol. The summed E-state index contributed by atoms with van der Waals surface area (Å²) >= 11 is 1.52. The zero-order valence-corrected chi connectivity index (χ0v) is 12.7. The molecule has 6 heteroatoms. The van der Waals surface area contributed by atoms with E-state index in [-0.39, 0.29) is 12.3 Å². The number of carbonyl (C=O) groups excluding carboxylic acids is 1. The second-order valence-corrected chi connectivity index (χ2v) is 6.30. The lowest BCUT2D eigenvalue weighted by Crippen LogP contribution is -2.41. The summed E-state index contributed by atoms with van der Waals surface area (Å²) in [5.74, 6) is 0.128. The quantitative estimate of drug-likeness (QED) is 0.816. The lowest BCUT2D eigenvalue weighted by molar-refractivity contribution is -0.137. The number of aromatic nitrogens is 1. The van der Waals surface area contributed by atoms with E-state index in [9.17, 15) is 9.59 Å². The SMILES string of the molecule is O=C(O)CCC1CCCN(C(=O)CSc2ccncc2)C1. The van der Waals surface area contributed by atoms with Crippen LogP contribution in [0.2, 0.25) is 0 Å². The number of nitrogens with zero attached hydrogens (tertiary/aromatic N) is 2. The third kappa shape index (κ3) is 5.38. The summed E-state index contributed by atoms with van der Waals surface area (Å²) in [6, 6.07) is 3.79. The van der Waals surface area contributed by atoms with Gasteiger partial charge < -0.3 is 10.0 Å². The van der Waals surface area contributed by atoms with Crippen LogP contribution in [0, 0.1) is 5.92 Å². The van der Waals surface area contributed by atoms with Crippen molar-refractivity contribution in [3.05, 3.63) is 24.5 Å². The average Bonchev–Trinajstić information content (AvgIpc) is 2.52. The molecule has 1 aliphatic rings. The second-order valence-electron chi connectivity index (χ2n) is 5.25. The molecule has 1 aromatic heterocycles. The number of pyridine rings is 1. The van der Waals surface area contributed by atoms with Gasteiger partial charge in [-0.3, -0.25) is 14.6 Å². The lowest BCUT2D eigenvalue weighted by Gasteiger charge is -2.32. The van der Waals surface area contributed by atoms with Crippen molar-refractivity contribution in [1.82, 2.24) is 9.88 Å². The lowest BCUT2D eigenvalue weighted by atomic mass is 9.93. The van der Waals surface area contributed by atoms with E-state index in [1.807, 2.05) is 17.0 Å². The van der Waals surface area contributed by atoms with Crippen LogP contribution in [0.5, 0.6) is 0 Å². The summed E-state index contributed by atoms with van der Waals surface area (Å²) in [6.07, 6.45) is 6.28. The Labute approximate surface area is 128 Å². The van der Waals surface area contributed by atoms with Gasteiger partial charge >= 0.3 is 5.97 Å². The predicted molar refractivity (Wildman–Crippen MR) is 81.1 cm³/mol. The summed E-state index contributed by atoms with van der Waals surface area (Å²) < 4.78 is 0. The number of hydrogen-bond donors (Lipinski definition) is 1. The largest absolute Gasteiger partial charge is 0.481 e. The van der Waals surface area contributed by atoms with Crippen LogP contribution in [-0.4, -0.2) is 45.7 Å². The molecular formula is C15H20N2O3S. The van der Waals surface area contributed by atoms with Gasteiger partial charge in [0.05, 0.1) is 5.75 Å². The first-order valence-corrected chi connectivity index (χ1v) is 8.16. The Kier molecular flexibility index (Phi) is 6.04. The van der Waals surface area contributed by atoms with Crippen molar-refractivity contribution in [2.45, 2.75) is 30.6 Å². The number of likely N-dealkylation sites (tertiary alicyclic amines) is 1. The van der Waals surface area contributed by atoms with E-state index in [4.69, 9.17) is 5.11 Å². The highest BCUT2D eigenvalue weighted by molar-refractivity contribution is 8.00. The van der Waals surface area contributed by atoms with Gasteiger partial charge in [-0.25, -0.2) is 0 Å². The summed E-state index contributed by atoms with van der Waals surface area (Å²) in [7, 11) is 0. The minimum absolute atomic E-state index is 0.136. The molecule has 21 heavy (non-hydrogen) atoms. The Balaban J connectivity index is 1.77. The van der Waals surface area contributed by atoms with Gasteiger partial charge in [0.15, 0.2) is 0 Å². The Morgan fingerprint density at radius 1 is 1.38 bits per heavy atom. The number of amides is 1. The third-order valence-corrected chi connectivity index (χ3v) is 4.65. The molecule has 2 heterocycles. The van der Waals surface area contributed by atoms with Crippen LogP contribution in [0.4, 0.5) is 0 Å². The van der Waals surface area contributed by atoms with E-state index >= 15 is 0 Å². The molecule has 1 aliphatic heterocycles. The maximum atomic E-state index is 12.2. The van der Waals surface area contributed by atoms with Crippen LogP contribution in [0.1, 0.15) is 25.7 Å². The highest BCUT2D eigenvalue weighted by Gasteiger charge is 2.23. The first kappa shape index (κ1) is 15.8. The molecule has 1 amide bonds. The van der Waals surface area contributed by atoms with Gasteiger partial charge in [-0.1, -0.05) is 0 Å². The number of aliphatic carboxylic acids is 1. The van der Waals surface area contributed by atoms with E-state index in [1.165, 1.54) is 11.8 Å². The minimum atomic E-state index is -0.758. The molecule has 0 saturated carbocycles. The van der Waals surface area contributed by atoms with Crippen molar-refractivity contribution in [1.29, 1.82) is 0 Å². The molecule has 1 unspecified atom stereocenters. The Hall–Kier alpha value is -1.56. The van der Waals surface area contributed by atoms with Gasteiger partial charge in [0.1, 0.15) is 0 Å². The van der Waals surface area contributed by atoms with Gasteiger partial charge in [0, 0.05) is 36.8 Å². The van der Waals surface area contributed by atoms with Crippen LogP contribution in [-0.2, 0) is 9.59 Å². The Morgan fingerprint density at radius 3 is 2.86 bits per heavy atom. The molecular weight excluding hydrogens is 288 g/mol. The molecule has 1 saturated heterocycles. The van der Waals surface area contributed by atoms with Crippen molar-refractivity contribution >= 4 is 23.6 Å². The van der Waals surface area contributed by atoms with Crippen LogP contribution in [0.25, 0.3) is 0 Å². The fourth-order valence-corrected chi connectivity index (χ4v) is 3.31. The van der Waals surface area contributed by atoms with Gasteiger partial charge in [-0.05, 0) is 37.3 Å². The number of rotatable bonds is 6. The number of carboxylic acid groups (broad SMARTS) is 1. The van der Waals surface area contributed by atoms with Gasteiger partial charge in [-0.2, -0.15) is 0 Å². The third-order valence-electron chi connectivity index (χ3n) is 3.65. The predicted octanol–water partition coefficient (Wildman–Crippen LogP) is 2.28. The average molecular weight is 308 g/mol. The van der Waals surface area contributed by atoms with Crippen molar-refractivity contribution in [3.8, 4) is 0 Å². The zero-order valence-electron chi connectivity index (χ0n) is 11.9. The molecule has 1 fully saturated rings. The van der Waals surface area contributed by atoms with Crippen molar-refractivity contribution in [2.75, 3.05) is 18.8 Å². The molecule has 5 nitrogen and oxygen atoms in total. The number of carbonyl (C=O) groups is 2. The number of piperidine rings is 1. The molecule has 1 atom stereocenters. The molecule has 0 bridgehead atoms. The number of hydrogen-bond acceptors (Lipinski definition) is 4.